The summed E-state index contributed by atoms with van der Waals surface area (Å²) in [4.78, 5) is 22.4. The average molecular weight is 185 g/mol. The van der Waals surface area contributed by atoms with E-state index >= 15 is 0 Å². The number of hydrogen-bond donors (Lipinski definition) is 1. The third kappa shape index (κ3) is 1.88. The van der Waals surface area contributed by atoms with Gasteiger partial charge in [0.2, 0.25) is 11.8 Å². The third-order valence-electron chi connectivity index (χ3n) is 2.74. The summed E-state index contributed by atoms with van der Waals surface area (Å²) in [6, 6.07) is 0. The van der Waals surface area contributed by atoms with Gasteiger partial charge in [0.05, 0.1) is 6.61 Å². The predicted molar refractivity (Wildman–Crippen MR) is 46.9 cm³/mol. The number of ether oxygens (including phenoxy) is 1. The molecule has 0 radical (unpaired) electrons. The van der Waals surface area contributed by atoms with Crippen LogP contribution in [0.3, 0.4) is 0 Å². The van der Waals surface area contributed by atoms with E-state index in [2.05, 4.69) is 5.32 Å². The summed E-state index contributed by atoms with van der Waals surface area (Å²) in [6.45, 7) is 4.16. The Kier molecular flexibility index (Phi) is 2.71. The molecule has 0 aromatic rings. The first kappa shape index (κ1) is 10.2. The Bertz CT molecular complexity index is 239. The molecule has 0 aromatic carbocycles. The van der Waals surface area contributed by atoms with Crippen LogP contribution in [0.2, 0.25) is 0 Å². The second-order valence-electron chi connectivity index (χ2n) is 3.90. The van der Waals surface area contributed by atoms with Gasteiger partial charge in [-0.3, -0.25) is 14.9 Å². The minimum atomic E-state index is -0.353. The number of imide groups is 1. The zero-order chi connectivity index (χ0) is 10.1. The Labute approximate surface area is 77.6 Å². The highest BCUT2D eigenvalue weighted by Gasteiger charge is 2.42. The van der Waals surface area contributed by atoms with E-state index in [-0.39, 0.29) is 23.1 Å². The average Bonchev–Trinajstić information content (AvgIpc) is 2.00. The number of hydrogen-bond acceptors (Lipinski definition) is 3. The summed E-state index contributed by atoms with van der Waals surface area (Å²) in [6.07, 6.45) is 0.355. The van der Waals surface area contributed by atoms with Gasteiger partial charge in [0.15, 0.2) is 0 Å². The Balaban J connectivity index is 2.81. The molecule has 4 nitrogen and oxygen atoms in total. The van der Waals surface area contributed by atoms with Crippen molar-refractivity contribution in [3.8, 4) is 0 Å². The third-order valence-corrected chi connectivity index (χ3v) is 2.74. The molecule has 0 aromatic heterocycles. The van der Waals surface area contributed by atoms with Gasteiger partial charge in [-0.15, -0.1) is 0 Å². The van der Waals surface area contributed by atoms with Gasteiger partial charge in [-0.2, -0.15) is 0 Å². The topological polar surface area (TPSA) is 55.4 Å². The van der Waals surface area contributed by atoms with E-state index in [1.54, 1.807) is 7.11 Å². The highest BCUT2D eigenvalue weighted by atomic mass is 16.5. The number of carbonyl (C=O) groups excluding carboxylic acids is 2. The van der Waals surface area contributed by atoms with Crippen LogP contribution in [0.4, 0.5) is 0 Å². The van der Waals surface area contributed by atoms with Crippen molar-refractivity contribution in [1.29, 1.82) is 0 Å². The molecule has 2 atom stereocenters. The van der Waals surface area contributed by atoms with Gasteiger partial charge in [0, 0.05) is 24.9 Å². The van der Waals surface area contributed by atoms with E-state index < -0.39 is 0 Å². The monoisotopic (exact) mass is 185 g/mol. The lowest BCUT2D eigenvalue weighted by atomic mass is 9.73. The lowest BCUT2D eigenvalue weighted by molar-refractivity contribution is -0.144. The molecule has 1 heterocycles. The first-order chi connectivity index (χ1) is 5.99. The number of amides is 2. The molecule has 1 N–H and O–H groups in total. The quantitative estimate of drug-likeness (QED) is 0.630. The van der Waals surface area contributed by atoms with Gasteiger partial charge < -0.3 is 4.74 Å². The molecule has 1 fully saturated rings. The molecule has 74 valence electrons. The standard InChI is InChI=1S/C9H15NO3/c1-6-8(12)10-7(11)4-9(6,2)5-13-3/h6H,4-5H2,1-3H3,(H,10,11,12). The van der Waals surface area contributed by atoms with Crippen LogP contribution in [-0.4, -0.2) is 25.5 Å². The molecule has 1 saturated heterocycles. The molecule has 1 aliphatic rings. The van der Waals surface area contributed by atoms with Crippen molar-refractivity contribution in [3.63, 3.8) is 0 Å². The normalized spacial score (nSPS) is 34.5. The first-order valence-electron chi connectivity index (χ1n) is 4.32. The molecule has 13 heavy (non-hydrogen) atoms. The summed E-state index contributed by atoms with van der Waals surface area (Å²) in [7, 11) is 1.58. The minimum absolute atomic E-state index is 0.176. The Morgan fingerprint density at radius 3 is 2.77 bits per heavy atom. The number of methoxy groups -OCH3 is 1. The van der Waals surface area contributed by atoms with Gasteiger partial charge in [-0.25, -0.2) is 0 Å². The highest BCUT2D eigenvalue weighted by Crippen LogP contribution is 2.34. The van der Waals surface area contributed by atoms with E-state index in [4.69, 9.17) is 4.74 Å². The van der Waals surface area contributed by atoms with E-state index in [1.807, 2.05) is 13.8 Å². The molecule has 2 unspecified atom stereocenters. The van der Waals surface area contributed by atoms with Crippen LogP contribution in [0.1, 0.15) is 20.3 Å². The van der Waals surface area contributed by atoms with Gasteiger partial charge >= 0.3 is 0 Å². The predicted octanol–water partition coefficient (Wildman–Crippen LogP) is 0.322. The van der Waals surface area contributed by atoms with Crippen molar-refractivity contribution in [2.45, 2.75) is 20.3 Å². The lowest BCUT2D eigenvalue weighted by Gasteiger charge is -2.37. The first-order valence-corrected chi connectivity index (χ1v) is 4.32. The van der Waals surface area contributed by atoms with Gasteiger partial charge in [-0.05, 0) is 0 Å². The van der Waals surface area contributed by atoms with Crippen LogP contribution in [0.15, 0.2) is 0 Å². The van der Waals surface area contributed by atoms with Crippen LogP contribution in [0, 0.1) is 11.3 Å². The SMILES string of the molecule is COCC1(C)CC(=O)NC(=O)C1C. The molecule has 1 rings (SSSR count). The van der Waals surface area contributed by atoms with Crippen molar-refractivity contribution in [2.24, 2.45) is 11.3 Å². The molecule has 1 aliphatic heterocycles. The van der Waals surface area contributed by atoms with E-state index in [9.17, 15) is 9.59 Å². The minimum Gasteiger partial charge on any atom is -0.384 e. The molecule has 0 saturated carbocycles. The summed E-state index contributed by atoms with van der Waals surface area (Å²) < 4.78 is 5.02. The molecular weight excluding hydrogens is 170 g/mol. The fourth-order valence-corrected chi connectivity index (χ4v) is 1.63. The van der Waals surface area contributed by atoms with Crippen molar-refractivity contribution in [2.75, 3.05) is 13.7 Å². The Morgan fingerprint density at radius 1 is 1.62 bits per heavy atom. The lowest BCUT2D eigenvalue weighted by Crippen LogP contribution is -2.51. The maximum absolute atomic E-state index is 11.3. The summed E-state index contributed by atoms with van der Waals surface area (Å²) >= 11 is 0. The smallest absolute Gasteiger partial charge is 0.230 e. The zero-order valence-corrected chi connectivity index (χ0v) is 8.22. The largest absolute Gasteiger partial charge is 0.384 e. The molecule has 0 spiro atoms. The van der Waals surface area contributed by atoms with Crippen molar-refractivity contribution >= 4 is 11.8 Å². The molecule has 0 aliphatic carbocycles. The fourth-order valence-electron chi connectivity index (χ4n) is 1.63. The molecule has 2 amide bonds. The summed E-state index contributed by atoms with van der Waals surface area (Å²) in [5.74, 6) is -0.580. The van der Waals surface area contributed by atoms with Crippen molar-refractivity contribution in [1.82, 2.24) is 5.32 Å². The molecule has 0 bridgehead atoms. The van der Waals surface area contributed by atoms with Gasteiger partial charge in [0.1, 0.15) is 0 Å². The second kappa shape index (κ2) is 3.46. The maximum atomic E-state index is 11.3. The summed E-state index contributed by atoms with van der Waals surface area (Å²) in [5, 5.41) is 2.31. The summed E-state index contributed by atoms with van der Waals surface area (Å²) in [5.41, 5.74) is -0.353. The fraction of sp³-hybridized carbons (Fsp3) is 0.778. The Hall–Kier alpha value is -0.900. The highest BCUT2D eigenvalue weighted by molar-refractivity contribution is 5.99. The zero-order valence-electron chi connectivity index (χ0n) is 8.22. The van der Waals surface area contributed by atoms with E-state index in [1.165, 1.54) is 0 Å². The number of nitrogens with one attached hydrogen (secondary N) is 1. The van der Waals surface area contributed by atoms with Crippen LogP contribution < -0.4 is 5.32 Å². The van der Waals surface area contributed by atoms with Crippen LogP contribution in [0.5, 0.6) is 0 Å². The van der Waals surface area contributed by atoms with Gasteiger partial charge in [0.25, 0.3) is 0 Å². The van der Waals surface area contributed by atoms with Crippen molar-refractivity contribution in [3.05, 3.63) is 0 Å². The van der Waals surface area contributed by atoms with E-state index in [0.29, 0.717) is 13.0 Å². The van der Waals surface area contributed by atoms with Crippen LogP contribution in [-0.2, 0) is 14.3 Å². The van der Waals surface area contributed by atoms with Gasteiger partial charge in [-0.1, -0.05) is 13.8 Å². The number of piperidine rings is 1. The van der Waals surface area contributed by atoms with E-state index in [0.717, 1.165) is 0 Å². The maximum Gasteiger partial charge on any atom is 0.230 e. The molecule has 4 heteroatoms. The number of rotatable bonds is 2. The van der Waals surface area contributed by atoms with Crippen LogP contribution >= 0.6 is 0 Å². The van der Waals surface area contributed by atoms with Crippen molar-refractivity contribution < 1.29 is 14.3 Å². The number of carbonyl (C=O) groups is 2. The Morgan fingerprint density at radius 2 is 2.23 bits per heavy atom. The molecular formula is C9H15NO3. The van der Waals surface area contributed by atoms with Crippen LogP contribution in [0.25, 0.3) is 0 Å². The second-order valence-corrected chi connectivity index (χ2v) is 3.90.